The molecule has 0 N–H and O–H groups in total. The van der Waals surface area contributed by atoms with E-state index in [1.165, 1.54) is 0 Å². The number of allylic oxidation sites excluding steroid dienone is 2. The van der Waals surface area contributed by atoms with E-state index in [0.29, 0.717) is 33.2 Å². The van der Waals surface area contributed by atoms with Gasteiger partial charge in [-0.15, -0.1) is 11.1 Å². The van der Waals surface area contributed by atoms with Crippen LogP contribution in [0, 0.1) is 45.6 Å². The summed E-state index contributed by atoms with van der Waals surface area (Å²) >= 11 is 0. The van der Waals surface area contributed by atoms with Crippen LogP contribution in [0.25, 0.3) is 0 Å². The lowest BCUT2D eigenvalue weighted by Crippen LogP contribution is -2.43. The van der Waals surface area contributed by atoms with Crippen molar-refractivity contribution in [3.05, 3.63) is 11.1 Å². The first kappa shape index (κ1) is 28.3. The van der Waals surface area contributed by atoms with Gasteiger partial charge in [0.25, 0.3) is 0 Å². The normalized spacial score (nSPS) is 13.1. The summed E-state index contributed by atoms with van der Waals surface area (Å²) in [6, 6.07) is 4.37. The van der Waals surface area contributed by atoms with Gasteiger partial charge in [0.15, 0.2) is 0 Å². The highest BCUT2D eigenvalue weighted by Crippen LogP contribution is 2.41. The molecule has 0 unspecified atom stereocenters. The van der Waals surface area contributed by atoms with E-state index in [4.69, 9.17) is 0 Å². The van der Waals surface area contributed by atoms with E-state index in [2.05, 4.69) is 118 Å². The number of rotatable bonds is 6. The van der Waals surface area contributed by atoms with Crippen molar-refractivity contribution in [3.63, 3.8) is 0 Å². The summed E-state index contributed by atoms with van der Waals surface area (Å²) in [5.74, 6) is 6.30. The average molecular weight is 439 g/mol. The molecule has 4 heteroatoms. The van der Waals surface area contributed by atoms with Gasteiger partial charge in [0.1, 0.15) is 39.4 Å². The first-order chi connectivity index (χ1) is 13.7. The van der Waals surface area contributed by atoms with Crippen LogP contribution in [0.15, 0.2) is 11.1 Å². The second-order valence-electron chi connectivity index (χ2n) is 10.3. The van der Waals surface area contributed by atoms with Gasteiger partial charge in [-0.1, -0.05) is 94.9 Å². The third kappa shape index (κ3) is 5.70. The lowest BCUT2D eigenvalue weighted by atomic mass is 10.1. The molecule has 30 heavy (non-hydrogen) atoms. The van der Waals surface area contributed by atoms with Crippen LogP contribution >= 0.6 is 0 Å². The van der Waals surface area contributed by atoms with Crippen molar-refractivity contribution in [3.8, 4) is 35.1 Å². The maximum absolute atomic E-state index is 9.79. The fourth-order valence-electron chi connectivity index (χ4n) is 5.50. The Balaban J connectivity index is 6.78. The zero-order chi connectivity index (χ0) is 23.9. The van der Waals surface area contributed by atoms with Gasteiger partial charge in [-0.3, -0.25) is 0 Å². The quantitative estimate of drug-likeness (QED) is 0.241. The van der Waals surface area contributed by atoms with Crippen molar-refractivity contribution >= 4 is 16.1 Å². The van der Waals surface area contributed by atoms with Gasteiger partial charge < -0.3 is 0 Å². The number of nitrogens with zero attached hydrogens (tertiary/aromatic N) is 2. The van der Waals surface area contributed by atoms with Crippen LogP contribution in [0.3, 0.4) is 0 Å². The van der Waals surface area contributed by atoms with Gasteiger partial charge in [0.2, 0.25) is 0 Å². The molecule has 0 aromatic heterocycles. The molecule has 0 aromatic carbocycles. The molecule has 164 valence electrons. The van der Waals surface area contributed by atoms with Gasteiger partial charge in [0, 0.05) is 0 Å². The summed E-state index contributed by atoms with van der Waals surface area (Å²) in [5.41, 5.74) is 10.5. The van der Waals surface area contributed by atoms with E-state index in [-0.39, 0.29) is 11.1 Å². The molecule has 0 amide bonds. The Morgan fingerprint density at radius 3 is 0.800 bits per heavy atom. The fourth-order valence-corrected chi connectivity index (χ4v) is 15.9. The molecule has 0 aliphatic carbocycles. The molecule has 0 heterocycles. The average Bonchev–Trinajstić information content (AvgIpc) is 2.61. The SMILES string of the molecule is CC(C)[Si](C#C/C(C#N)=C(\C#N)C#C[Si](C(C)C)(C(C)C)C(C)C)(C(C)C)C(C)C. The van der Waals surface area contributed by atoms with Crippen LogP contribution in [0.5, 0.6) is 0 Å². The molecule has 0 aliphatic rings. The highest BCUT2D eigenvalue weighted by atomic mass is 28.3. The molecular formula is C26H42N2Si2. The van der Waals surface area contributed by atoms with Crippen LogP contribution in [0.2, 0.25) is 33.2 Å². The van der Waals surface area contributed by atoms with Crippen LogP contribution in [-0.2, 0) is 0 Å². The summed E-state index contributed by atoms with van der Waals surface area (Å²) in [6.07, 6.45) is 0. The highest BCUT2D eigenvalue weighted by Gasteiger charge is 2.42. The van der Waals surface area contributed by atoms with E-state index in [1.807, 2.05) is 0 Å². The Kier molecular flexibility index (Phi) is 10.9. The van der Waals surface area contributed by atoms with E-state index in [1.54, 1.807) is 0 Å². The zero-order valence-electron chi connectivity index (χ0n) is 21.4. The van der Waals surface area contributed by atoms with Crippen molar-refractivity contribution in [2.75, 3.05) is 0 Å². The molecule has 0 bridgehead atoms. The third-order valence-corrected chi connectivity index (χ3v) is 19.6. The summed E-state index contributed by atoms with van der Waals surface area (Å²) < 4.78 is 0. The minimum absolute atomic E-state index is 0.239. The smallest absolute Gasteiger partial charge is 0.146 e. The molecule has 2 nitrogen and oxygen atoms in total. The summed E-state index contributed by atoms with van der Waals surface area (Å²) in [4.78, 5) is 0. The molecule has 0 radical (unpaired) electrons. The van der Waals surface area contributed by atoms with Gasteiger partial charge in [-0.05, 0) is 33.2 Å². The predicted molar refractivity (Wildman–Crippen MR) is 136 cm³/mol. The lowest BCUT2D eigenvalue weighted by Gasteiger charge is -2.38. The van der Waals surface area contributed by atoms with Crippen LogP contribution in [0.4, 0.5) is 0 Å². The van der Waals surface area contributed by atoms with Crippen molar-refractivity contribution in [1.82, 2.24) is 0 Å². The molecule has 0 spiro atoms. The molecule has 0 saturated heterocycles. The van der Waals surface area contributed by atoms with Gasteiger partial charge in [0.05, 0.1) is 0 Å². The minimum atomic E-state index is -1.97. The topological polar surface area (TPSA) is 47.6 Å². The molecule has 0 atom stereocenters. The van der Waals surface area contributed by atoms with E-state index >= 15 is 0 Å². The second kappa shape index (κ2) is 11.6. The number of hydrogen-bond acceptors (Lipinski definition) is 2. The summed E-state index contributed by atoms with van der Waals surface area (Å²) in [5, 5.41) is 19.6. The van der Waals surface area contributed by atoms with Crippen molar-refractivity contribution < 1.29 is 0 Å². The van der Waals surface area contributed by atoms with Crippen molar-refractivity contribution in [2.45, 2.75) is 116 Å². The largest absolute Gasteiger partial charge is 0.192 e. The molecule has 0 aromatic rings. The van der Waals surface area contributed by atoms with Gasteiger partial charge in [-0.2, -0.15) is 10.5 Å². The maximum Gasteiger partial charge on any atom is 0.146 e. The Labute approximate surface area is 189 Å². The molecule has 0 saturated carbocycles. The van der Waals surface area contributed by atoms with Crippen LogP contribution < -0.4 is 0 Å². The number of hydrogen-bond donors (Lipinski definition) is 0. The summed E-state index contributed by atoms with van der Waals surface area (Å²) in [7, 11) is -3.95. The first-order valence-corrected chi connectivity index (χ1v) is 15.8. The fraction of sp³-hybridized carbons (Fsp3) is 0.692. The van der Waals surface area contributed by atoms with E-state index in [9.17, 15) is 10.5 Å². The Bertz CT molecular complexity index is 709. The molecule has 0 aliphatic heterocycles. The van der Waals surface area contributed by atoms with Crippen molar-refractivity contribution in [2.24, 2.45) is 0 Å². The van der Waals surface area contributed by atoms with E-state index in [0.717, 1.165) is 0 Å². The zero-order valence-corrected chi connectivity index (χ0v) is 23.4. The minimum Gasteiger partial charge on any atom is -0.192 e. The Hall–Kier alpha value is -1.73. The lowest BCUT2D eigenvalue weighted by molar-refractivity contribution is 0.838. The molecule has 0 fully saturated rings. The molecular weight excluding hydrogens is 396 g/mol. The monoisotopic (exact) mass is 438 g/mol. The maximum atomic E-state index is 9.79. The summed E-state index contributed by atoms with van der Waals surface area (Å²) in [6.45, 7) is 26.9. The van der Waals surface area contributed by atoms with Crippen LogP contribution in [0.1, 0.15) is 83.1 Å². The predicted octanol–water partition coefficient (Wildman–Crippen LogP) is 7.77. The Morgan fingerprint density at radius 2 is 0.667 bits per heavy atom. The third-order valence-electron chi connectivity index (χ3n) is 7.01. The van der Waals surface area contributed by atoms with E-state index < -0.39 is 16.1 Å². The highest BCUT2D eigenvalue weighted by molar-refractivity contribution is 6.91. The molecule has 0 rings (SSSR count). The van der Waals surface area contributed by atoms with Crippen LogP contribution in [-0.4, -0.2) is 16.1 Å². The first-order valence-electron chi connectivity index (χ1n) is 11.4. The second-order valence-corrected chi connectivity index (χ2v) is 21.4. The number of nitriles is 2. The van der Waals surface area contributed by atoms with Crippen molar-refractivity contribution in [1.29, 1.82) is 10.5 Å². The standard InChI is InChI=1S/C26H42N2Si2/c1-19(2)29(20(3)4,21(5)6)15-13-25(17-27)26(18-28)14-16-30(22(7)8,23(9)10)24(11)12/h19-24H,1-12H3/b26-25+. The van der Waals surface area contributed by atoms with Gasteiger partial charge >= 0.3 is 0 Å². The Morgan fingerprint density at radius 1 is 0.467 bits per heavy atom. The van der Waals surface area contributed by atoms with Gasteiger partial charge in [-0.25, -0.2) is 0 Å².